The number of nitrogens with zero attached hydrogens (tertiary/aromatic N) is 1. The molecule has 0 fully saturated rings. The summed E-state index contributed by atoms with van der Waals surface area (Å²) in [5.74, 6) is -0.269. The van der Waals surface area contributed by atoms with Crippen LogP contribution in [0.1, 0.15) is 6.92 Å². The molecule has 0 aliphatic heterocycles. The number of carbonyl (C=O) groups excluding carboxylic acids is 2. The molecule has 156 valence electrons. The third kappa shape index (κ3) is 7.38. The highest BCUT2D eigenvalue weighted by Crippen LogP contribution is 2.25. The zero-order valence-corrected chi connectivity index (χ0v) is 16.2. The van der Waals surface area contributed by atoms with Crippen LogP contribution in [0.15, 0.2) is 48.5 Å². The lowest BCUT2D eigenvalue weighted by atomic mass is 10.3. The number of rotatable bonds is 10. The fourth-order valence-corrected chi connectivity index (χ4v) is 2.55. The number of ether oxygens (including phenoxy) is 2. The molecule has 0 aliphatic rings. The smallest absolute Gasteiger partial charge is 0.387 e. The second-order valence-corrected chi connectivity index (χ2v) is 6.01. The largest absolute Gasteiger partial charge is 0.497 e. The Balaban J connectivity index is 1.92. The molecule has 0 aliphatic carbocycles. The van der Waals surface area contributed by atoms with Crippen LogP contribution in [0.3, 0.4) is 0 Å². The maximum atomic E-state index is 12.5. The molecule has 2 amide bonds. The summed E-state index contributed by atoms with van der Waals surface area (Å²) in [6.07, 6.45) is 0. The van der Waals surface area contributed by atoms with E-state index in [0.717, 1.165) is 0 Å². The number of hydrogen-bond acceptors (Lipinski definition) is 5. The first-order valence-corrected chi connectivity index (χ1v) is 8.91. The number of likely N-dealkylation sites (N-methyl/N-ethyl adjacent to an activating group) is 1. The lowest BCUT2D eigenvalue weighted by molar-refractivity contribution is -0.120. The SMILES string of the molecule is CCN(CC(=O)Nc1cccc(OC)c1)CC(=O)Nc1ccccc1OC(F)F. The van der Waals surface area contributed by atoms with Crippen molar-refractivity contribution in [3.8, 4) is 11.5 Å². The highest BCUT2D eigenvalue weighted by Gasteiger charge is 2.16. The summed E-state index contributed by atoms with van der Waals surface area (Å²) in [5, 5.41) is 5.27. The predicted molar refractivity (Wildman–Crippen MR) is 105 cm³/mol. The summed E-state index contributed by atoms with van der Waals surface area (Å²) in [4.78, 5) is 26.2. The molecule has 9 heteroatoms. The normalized spacial score (nSPS) is 10.7. The van der Waals surface area contributed by atoms with Crippen LogP contribution in [0.4, 0.5) is 20.2 Å². The molecule has 29 heavy (non-hydrogen) atoms. The van der Waals surface area contributed by atoms with E-state index >= 15 is 0 Å². The van der Waals surface area contributed by atoms with Crippen LogP contribution < -0.4 is 20.1 Å². The second kappa shape index (κ2) is 11.0. The van der Waals surface area contributed by atoms with Gasteiger partial charge in [0.1, 0.15) is 11.5 Å². The lowest BCUT2D eigenvalue weighted by Crippen LogP contribution is -2.38. The van der Waals surface area contributed by atoms with Crippen LogP contribution in [0.5, 0.6) is 11.5 Å². The monoisotopic (exact) mass is 407 g/mol. The molecule has 2 aromatic carbocycles. The molecular weight excluding hydrogens is 384 g/mol. The third-order valence-electron chi connectivity index (χ3n) is 3.91. The predicted octanol–water partition coefficient (Wildman–Crippen LogP) is 3.20. The summed E-state index contributed by atoms with van der Waals surface area (Å²) in [6, 6.07) is 12.8. The first kappa shape index (κ1) is 22.1. The Morgan fingerprint density at radius 2 is 1.72 bits per heavy atom. The van der Waals surface area contributed by atoms with Crippen molar-refractivity contribution < 1.29 is 27.8 Å². The Bertz CT molecular complexity index is 833. The zero-order chi connectivity index (χ0) is 21.2. The molecule has 0 spiro atoms. The Labute approximate surface area is 167 Å². The molecule has 0 atom stereocenters. The average Bonchev–Trinajstić information content (AvgIpc) is 2.68. The van der Waals surface area contributed by atoms with Crippen LogP contribution in [0.2, 0.25) is 0 Å². The van der Waals surface area contributed by atoms with Gasteiger partial charge in [0.05, 0.1) is 25.9 Å². The summed E-state index contributed by atoms with van der Waals surface area (Å²) < 4.78 is 34.5. The van der Waals surface area contributed by atoms with Crippen molar-refractivity contribution in [1.29, 1.82) is 0 Å². The molecule has 0 saturated heterocycles. The highest BCUT2D eigenvalue weighted by atomic mass is 19.3. The maximum Gasteiger partial charge on any atom is 0.387 e. The minimum atomic E-state index is -3.00. The van der Waals surface area contributed by atoms with E-state index in [2.05, 4.69) is 15.4 Å². The molecule has 0 heterocycles. The first-order valence-electron chi connectivity index (χ1n) is 8.91. The third-order valence-corrected chi connectivity index (χ3v) is 3.91. The Hall–Kier alpha value is -3.20. The molecule has 0 saturated carbocycles. The molecule has 2 rings (SSSR count). The number of anilines is 2. The van der Waals surface area contributed by atoms with Gasteiger partial charge in [-0.05, 0) is 30.8 Å². The van der Waals surface area contributed by atoms with Gasteiger partial charge in [-0.2, -0.15) is 8.78 Å². The van der Waals surface area contributed by atoms with Crippen molar-refractivity contribution in [3.63, 3.8) is 0 Å². The number of benzene rings is 2. The fourth-order valence-electron chi connectivity index (χ4n) is 2.55. The summed E-state index contributed by atoms with van der Waals surface area (Å²) in [6.45, 7) is -0.865. The standard InChI is InChI=1S/C20H23F2N3O4/c1-3-25(12-18(26)23-14-7-6-8-15(11-14)28-2)13-19(27)24-16-9-4-5-10-17(16)29-20(21)22/h4-11,20H,3,12-13H2,1-2H3,(H,23,26)(H,24,27). The lowest BCUT2D eigenvalue weighted by Gasteiger charge is -2.20. The number of para-hydroxylation sites is 2. The van der Waals surface area contributed by atoms with Crippen molar-refractivity contribution in [2.75, 3.05) is 37.4 Å². The molecule has 0 radical (unpaired) electrons. The molecule has 0 bridgehead atoms. The number of hydrogen-bond donors (Lipinski definition) is 2. The van der Waals surface area contributed by atoms with Gasteiger partial charge in [0.25, 0.3) is 0 Å². The number of methoxy groups -OCH3 is 1. The van der Waals surface area contributed by atoms with Crippen LogP contribution in [-0.2, 0) is 9.59 Å². The van der Waals surface area contributed by atoms with Crippen LogP contribution in [-0.4, -0.2) is 50.1 Å². The van der Waals surface area contributed by atoms with Crippen LogP contribution in [0, 0.1) is 0 Å². The van der Waals surface area contributed by atoms with Crippen molar-refractivity contribution in [2.45, 2.75) is 13.5 Å². The Morgan fingerprint density at radius 1 is 1.03 bits per heavy atom. The second-order valence-electron chi connectivity index (χ2n) is 6.01. The van der Waals surface area contributed by atoms with Gasteiger partial charge in [-0.25, -0.2) is 0 Å². The van der Waals surface area contributed by atoms with Gasteiger partial charge >= 0.3 is 6.61 Å². The topological polar surface area (TPSA) is 79.9 Å². The van der Waals surface area contributed by atoms with Crippen LogP contribution >= 0.6 is 0 Å². The van der Waals surface area contributed by atoms with E-state index < -0.39 is 12.5 Å². The quantitative estimate of drug-likeness (QED) is 0.632. The molecule has 2 aromatic rings. The van der Waals surface area contributed by atoms with E-state index in [1.807, 2.05) is 0 Å². The first-order chi connectivity index (χ1) is 13.9. The minimum Gasteiger partial charge on any atom is -0.497 e. The van der Waals surface area contributed by atoms with Crippen LogP contribution in [0.25, 0.3) is 0 Å². The van der Waals surface area contributed by atoms with Crippen molar-refractivity contribution in [3.05, 3.63) is 48.5 Å². The van der Waals surface area contributed by atoms with Crippen molar-refractivity contribution >= 4 is 23.2 Å². The summed E-state index contributed by atoms with van der Waals surface area (Å²) in [5.41, 5.74) is 0.711. The molecule has 0 unspecified atom stereocenters. The number of halogens is 2. The van der Waals surface area contributed by atoms with Gasteiger partial charge in [-0.15, -0.1) is 0 Å². The van der Waals surface area contributed by atoms with E-state index in [-0.39, 0.29) is 30.4 Å². The van der Waals surface area contributed by atoms with Gasteiger partial charge in [-0.1, -0.05) is 25.1 Å². The van der Waals surface area contributed by atoms with Crippen molar-refractivity contribution in [2.24, 2.45) is 0 Å². The van der Waals surface area contributed by atoms with E-state index in [0.29, 0.717) is 18.0 Å². The minimum absolute atomic E-state index is 0.0175. The highest BCUT2D eigenvalue weighted by molar-refractivity contribution is 5.95. The van der Waals surface area contributed by atoms with Gasteiger partial charge < -0.3 is 20.1 Å². The molecular formula is C20H23F2N3O4. The van der Waals surface area contributed by atoms with Gasteiger partial charge in [0.2, 0.25) is 11.8 Å². The molecule has 2 N–H and O–H groups in total. The summed E-state index contributed by atoms with van der Waals surface area (Å²) in [7, 11) is 1.53. The maximum absolute atomic E-state index is 12.5. The number of alkyl halides is 2. The fraction of sp³-hybridized carbons (Fsp3) is 0.300. The number of nitrogens with one attached hydrogen (secondary N) is 2. The molecule has 0 aromatic heterocycles. The van der Waals surface area contributed by atoms with E-state index in [9.17, 15) is 18.4 Å². The van der Waals surface area contributed by atoms with Gasteiger partial charge in [0.15, 0.2) is 0 Å². The van der Waals surface area contributed by atoms with Crippen molar-refractivity contribution in [1.82, 2.24) is 4.90 Å². The number of amides is 2. The van der Waals surface area contributed by atoms with Gasteiger partial charge in [-0.3, -0.25) is 14.5 Å². The molecule has 7 nitrogen and oxygen atoms in total. The average molecular weight is 407 g/mol. The van der Waals surface area contributed by atoms with E-state index in [4.69, 9.17) is 4.74 Å². The van der Waals surface area contributed by atoms with Gasteiger partial charge in [0, 0.05) is 11.8 Å². The summed E-state index contributed by atoms with van der Waals surface area (Å²) >= 11 is 0. The van der Waals surface area contributed by atoms with E-state index in [1.54, 1.807) is 42.2 Å². The Kier molecular flexibility index (Phi) is 8.35. The Morgan fingerprint density at radius 3 is 2.38 bits per heavy atom. The zero-order valence-electron chi connectivity index (χ0n) is 16.2. The van der Waals surface area contributed by atoms with E-state index in [1.165, 1.54) is 25.3 Å². The number of carbonyl (C=O) groups is 2.